The Balaban J connectivity index is 1.48. The third kappa shape index (κ3) is 4.00. The van der Waals surface area contributed by atoms with Crippen molar-refractivity contribution in [3.63, 3.8) is 0 Å². The monoisotopic (exact) mass is 377 g/mol. The Kier molecular flexibility index (Phi) is 5.25. The van der Waals surface area contributed by atoms with Crippen molar-refractivity contribution >= 4 is 28.4 Å². The van der Waals surface area contributed by atoms with Gasteiger partial charge in [0.1, 0.15) is 0 Å². The van der Waals surface area contributed by atoms with Crippen LogP contribution in [0.5, 0.6) is 0 Å². The van der Waals surface area contributed by atoms with Crippen molar-refractivity contribution in [1.82, 2.24) is 20.9 Å². The number of hydrogen-bond donors (Lipinski definition) is 4. The van der Waals surface area contributed by atoms with Gasteiger partial charge in [0, 0.05) is 18.4 Å². The van der Waals surface area contributed by atoms with E-state index < -0.39 is 35.0 Å². The highest BCUT2D eigenvalue weighted by Crippen LogP contribution is 2.18. The second-order valence-corrected chi connectivity index (χ2v) is 5.52. The number of para-hydroxylation sites is 1. The van der Waals surface area contributed by atoms with Crippen molar-refractivity contribution in [2.45, 2.75) is 6.42 Å². The summed E-state index contributed by atoms with van der Waals surface area (Å²) in [6, 6.07) is 8.75. The summed E-state index contributed by atoms with van der Waals surface area (Å²) in [6.07, 6.45) is -0.133. The molecule has 0 unspecified atom stereocenters. The molecule has 7 nitrogen and oxygen atoms in total. The normalized spacial score (nSPS) is 10.6. The molecule has 0 aliphatic carbocycles. The van der Waals surface area contributed by atoms with Crippen molar-refractivity contribution in [1.29, 1.82) is 0 Å². The third-order valence-corrected chi connectivity index (χ3v) is 3.69. The van der Waals surface area contributed by atoms with Crippen LogP contribution in [0.15, 0.2) is 36.4 Å². The number of aromatic nitrogens is 2. The minimum absolute atomic E-state index is 0.00616. The number of hydrazine groups is 1. The van der Waals surface area contributed by atoms with Gasteiger partial charge in [-0.15, -0.1) is 0 Å². The van der Waals surface area contributed by atoms with Gasteiger partial charge in [0.2, 0.25) is 5.91 Å². The molecule has 27 heavy (non-hydrogen) atoms. The van der Waals surface area contributed by atoms with Crippen LogP contribution < -0.4 is 16.2 Å². The first-order valence-electron chi connectivity index (χ1n) is 7.87. The quantitative estimate of drug-likeness (QED) is 0.391. The SMILES string of the molecule is O=C(CCNC(=O)c1n[nH]c2ccccc12)NNc1ccc(F)c(F)c1F. The molecule has 0 spiro atoms. The molecule has 4 N–H and O–H groups in total. The maximum Gasteiger partial charge on any atom is 0.272 e. The van der Waals surface area contributed by atoms with Crippen LogP contribution in [0, 0.1) is 17.5 Å². The van der Waals surface area contributed by atoms with Gasteiger partial charge in [-0.2, -0.15) is 5.10 Å². The number of nitrogens with one attached hydrogen (secondary N) is 4. The van der Waals surface area contributed by atoms with E-state index in [2.05, 4.69) is 26.4 Å². The fourth-order valence-corrected chi connectivity index (χ4v) is 2.33. The first-order chi connectivity index (χ1) is 13.0. The minimum atomic E-state index is -1.65. The second kappa shape index (κ2) is 7.77. The van der Waals surface area contributed by atoms with E-state index in [1.54, 1.807) is 24.3 Å². The molecule has 0 atom stereocenters. The van der Waals surface area contributed by atoms with E-state index in [1.165, 1.54) is 0 Å². The van der Waals surface area contributed by atoms with Gasteiger partial charge in [0.05, 0.1) is 11.2 Å². The molecule has 1 heterocycles. The molecule has 3 aromatic rings. The molecule has 0 bridgehead atoms. The summed E-state index contributed by atoms with van der Waals surface area (Å²) in [5.74, 6) is -5.48. The minimum Gasteiger partial charge on any atom is -0.350 e. The van der Waals surface area contributed by atoms with Crippen molar-refractivity contribution in [2.75, 3.05) is 12.0 Å². The van der Waals surface area contributed by atoms with Crippen LogP contribution in [0.25, 0.3) is 10.9 Å². The number of anilines is 1. The van der Waals surface area contributed by atoms with E-state index in [0.29, 0.717) is 10.9 Å². The molecule has 0 saturated carbocycles. The predicted molar refractivity (Wildman–Crippen MR) is 91.1 cm³/mol. The van der Waals surface area contributed by atoms with Crippen LogP contribution in [0.3, 0.4) is 0 Å². The number of halogens is 3. The Bertz CT molecular complexity index is 1010. The van der Waals surface area contributed by atoms with E-state index >= 15 is 0 Å². The first-order valence-corrected chi connectivity index (χ1v) is 7.87. The number of carbonyl (C=O) groups excluding carboxylic acids is 2. The van der Waals surface area contributed by atoms with Crippen LogP contribution in [-0.2, 0) is 4.79 Å². The number of carbonyl (C=O) groups is 2. The smallest absolute Gasteiger partial charge is 0.272 e. The van der Waals surface area contributed by atoms with Crippen LogP contribution in [0.4, 0.5) is 18.9 Å². The summed E-state index contributed by atoms with van der Waals surface area (Å²) in [7, 11) is 0. The number of aromatic amines is 1. The van der Waals surface area contributed by atoms with Gasteiger partial charge in [-0.25, -0.2) is 13.2 Å². The summed E-state index contributed by atoms with van der Waals surface area (Å²) < 4.78 is 39.4. The molecule has 3 rings (SSSR count). The standard InChI is InChI=1S/C17H14F3N5O2/c18-10-5-6-12(15(20)14(10)19)23-24-13(26)7-8-21-17(27)16-9-3-1-2-4-11(9)22-25-16/h1-6,23H,7-8H2,(H,21,27)(H,22,25)(H,24,26). The first kappa shape index (κ1) is 18.2. The third-order valence-electron chi connectivity index (χ3n) is 3.69. The molecule has 0 saturated heterocycles. The highest BCUT2D eigenvalue weighted by Gasteiger charge is 2.15. The Morgan fingerprint density at radius 3 is 2.63 bits per heavy atom. The topological polar surface area (TPSA) is 98.9 Å². The number of fused-ring (bicyclic) bond motifs is 1. The Labute approximate surface area is 150 Å². The molecule has 0 aliphatic rings. The van der Waals surface area contributed by atoms with Crippen LogP contribution in [0.1, 0.15) is 16.9 Å². The zero-order valence-electron chi connectivity index (χ0n) is 13.8. The van der Waals surface area contributed by atoms with E-state index in [9.17, 15) is 22.8 Å². The van der Waals surface area contributed by atoms with Crippen LogP contribution in [-0.4, -0.2) is 28.6 Å². The maximum absolute atomic E-state index is 13.5. The number of nitrogens with zero attached hydrogens (tertiary/aromatic N) is 1. The Morgan fingerprint density at radius 2 is 1.81 bits per heavy atom. The molecule has 0 aliphatic heterocycles. The van der Waals surface area contributed by atoms with Crippen molar-refractivity contribution < 1.29 is 22.8 Å². The molecule has 2 aromatic carbocycles. The van der Waals surface area contributed by atoms with Gasteiger partial charge < -0.3 is 5.32 Å². The molecule has 1 aromatic heterocycles. The van der Waals surface area contributed by atoms with Crippen molar-refractivity contribution in [3.8, 4) is 0 Å². The van der Waals surface area contributed by atoms with E-state index in [1.807, 2.05) is 0 Å². The molecule has 0 fully saturated rings. The largest absolute Gasteiger partial charge is 0.350 e. The van der Waals surface area contributed by atoms with Gasteiger partial charge >= 0.3 is 0 Å². The molecular formula is C17H14F3N5O2. The zero-order valence-corrected chi connectivity index (χ0v) is 13.8. The van der Waals surface area contributed by atoms with E-state index in [0.717, 1.165) is 12.1 Å². The van der Waals surface area contributed by atoms with Gasteiger partial charge in [-0.1, -0.05) is 18.2 Å². The number of hydrogen-bond acceptors (Lipinski definition) is 4. The van der Waals surface area contributed by atoms with Gasteiger partial charge in [0.25, 0.3) is 5.91 Å². The van der Waals surface area contributed by atoms with E-state index in [4.69, 9.17) is 0 Å². The zero-order chi connectivity index (χ0) is 19.4. The molecule has 0 radical (unpaired) electrons. The number of H-pyrrole nitrogens is 1. The van der Waals surface area contributed by atoms with Gasteiger partial charge in [-0.3, -0.25) is 25.5 Å². The molecular weight excluding hydrogens is 363 g/mol. The lowest BCUT2D eigenvalue weighted by Crippen LogP contribution is -2.34. The fourth-order valence-electron chi connectivity index (χ4n) is 2.33. The lowest BCUT2D eigenvalue weighted by atomic mass is 10.2. The number of rotatable bonds is 6. The average molecular weight is 377 g/mol. The van der Waals surface area contributed by atoms with Crippen LogP contribution >= 0.6 is 0 Å². The summed E-state index contributed by atoms with van der Waals surface area (Å²) in [5.41, 5.74) is 4.78. The fraction of sp³-hybridized carbons (Fsp3) is 0.118. The molecule has 2 amide bonds. The summed E-state index contributed by atoms with van der Waals surface area (Å²) in [5, 5.41) is 9.85. The highest BCUT2D eigenvalue weighted by atomic mass is 19.2. The van der Waals surface area contributed by atoms with Crippen molar-refractivity contribution in [2.24, 2.45) is 0 Å². The average Bonchev–Trinajstić information content (AvgIpc) is 3.10. The summed E-state index contributed by atoms with van der Waals surface area (Å²) in [6.45, 7) is -0.00616. The highest BCUT2D eigenvalue weighted by molar-refractivity contribution is 6.04. The predicted octanol–water partition coefficient (Wildman–Crippen LogP) is 2.24. The lowest BCUT2D eigenvalue weighted by molar-refractivity contribution is -0.120. The summed E-state index contributed by atoms with van der Waals surface area (Å²) in [4.78, 5) is 23.8. The summed E-state index contributed by atoms with van der Waals surface area (Å²) >= 11 is 0. The number of benzene rings is 2. The lowest BCUT2D eigenvalue weighted by Gasteiger charge is -2.10. The maximum atomic E-state index is 13.5. The molecule has 10 heteroatoms. The second-order valence-electron chi connectivity index (χ2n) is 5.52. The Morgan fingerprint density at radius 1 is 1.04 bits per heavy atom. The number of amides is 2. The Hall–Kier alpha value is -3.56. The van der Waals surface area contributed by atoms with E-state index in [-0.39, 0.29) is 18.7 Å². The van der Waals surface area contributed by atoms with Crippen molar-refractivity contribution in [3.05, 3.63) is 59.5 Å². The van der Waals surface area contributed by atoms with Crippen LogP contribution in [0.2, 0.25) is 0 Å². The molecule has 140 valence electrons. The van der Waals surface area contributed by atoms with Gasteiger partial charge in [-0.05, 0) is 18.2 Å². The van der Waals surface area contributed by atoms with Gasteiger partial charge in [0.15, 0.2) is 23.1 Å².